The van der Waals surface area contributed by atoms with Crippen LogP contribution in [-0.2, 0) is 19.0 Å². The second-order valence-electron chi connectivity index (χ2n) is 4.25. The number of Topliss-reactive ketones (excluding diaryl/α,β-unsaturated/α-hetero) is 1. The van der Waals surface area contributed by atoms with E-state index in [0.717, 1.165) is 12.8 Å². The molecular weight excluding hydrogens is 196 g/mol. The van der Waals surface area contributed by atoms with Gasteiger partial charge in [-0.15, -0.1) is 0 Å². The van der Waals surface area contributed by atoms with E-state index >= 15 is 0 Å². The van der Waals surface area contributed by atoms with Gasteiger partial charge >= 0.3 is 0 Å². The van der Waals surface area contributed by atoms with Gasteiger partial charge in [-0.05, 0) is 12.8 Å². The molecule has 2 rings (SSSR count). The quantitative estimate of drug-likeness (QED) is 0.696. The Hall–Kier alpha value is -0.450. The molecule has 1 unspecified atom stereocenters. The van der Waals surface area contributed by atoms with Crippen molar-refractivity contribution in [2.24, 2.45) is 5.92 Å². The molecule has 2 heterocycles. The van der Waals surface area contributed by atoms with E-state index in [1.54, 1.807) is 7.11 Å². The number of hydrogen-bond acceptors (Lipinski definition) is 4. The highest BCUT2D eigenvalue weighted by atomic mass is 16.6. The van der Waals surface area contributed by atoms with Crippen LogP contribution < -0.4 is 0 Å². The minimum Gasteiger partial charge on any atom is -0.381 e. The summed E-state index contributed by atoms with van der Waals surface area (Å²) in [7, 11) is 1.60. The van der Waals surface area contributed by atoms with E-state index in [4.69, 9.17) is 14.2 Å². The average Bonchev–Trinajstić information content (AvgIpc) is 2.79. The fourth-order valence-electron chi connectivity index (χ4n) is 2.33. The van der Waals surface area contributed by atoms with Gasteiger partial charge in [-0.2, -0.15) is 0 Å². The molecular formula is C11H18O4. The molecule has 0 saturated carbocycles. The summed E-state index contributed by atoms with van der Waals surface area (Å²) in [5, 5.41) is 0. The summed E-state index contributed by atoms with van der Waals surface area (Å²) in [6, 6.07) is 0. The molecule has 0 aromatic rings. The summed E-state index contributed by atoms with van der Waals surface area (Å²) < 4.78 is 15.9. The average molecular weight is 214 g/mol. The van der Waals surface area contributed by atoms with Crippen molar-refractivity contribution in [1.82, 2.24) is 0 Å². The van der Waals surface area contributed by atoms with Crippen LogP contribution in [0.25, 0.3) is 0 Å². The highest BCUT2D eigenvalue weighted by Crippen LogP contribution is 2.30. The van der Waals surface area contributed by atoms with Gasteiger partial charge in [0.25, 0.3) is 0 Å². The zero-order valence-electron chi connectivity index (χ0n) is 9.16. The van der Waals surface area contributed by atoms with Crippen LogP contribution in [0, 0.1) is 5.92 Å². The molecule has 0 bridgehead atoms. The van der Waals surface area contributed by atoms with Crippen LogP contribution in [0.1, 0.15) is 19.3 Å². The van der Waals surface area contributed by atoms with Crippen LogP contribution >= 0.6 is 0 Å². The predicted molar refractivity (Wildman–Crippen MR) is 53.7 cm³/mol. The number of methoxy groups -OCH3 is 1. The lowest BCUT2D eigenvalue weighted by Gasteiger charge is -2.30. The Labute approximate surface area is 89.9 Å². The maximum atomic E-state index is 12.3. The molecule has 15 heavy (non-hydrogen) atoms. The predicted octanol–water partition coefficient (Wildman–Crippen LogP) is 0.788. The monoisotopic (exact) mass is 214 g/mol. The van der Waals surface area contributed by atoms with Crippen molar-refractivity contribution in [3.05, 3.63) is 0 Å². The first-order chi connectivity index (χ1) is 7.28. The van der Waals surface area contributed by atoms with Gasteiger partial charge in [-0.3, -0.25) is 4.79 Å². The number of ketones is 1. The normalized spacial score (nSPS) is 33.1. The van der Waals surface area contributed by atoms with Gasteiger partial charge < -0.3 is 14.2 Å². The van der Waals surface area contributed by atoms with Crippen LogP contribution in [-0.4, -0.2) is 44.9 Å². The SMILES string of the molecule is COC1(C(=O)C2CCOCC2)CCOC1. The Kier molecular flexibility index (Phi) is 3.38. The van der Waals surface area contributed by atoms with E-state index in [-0.39, 0.29) is 11.7 Å². The molecule has 4 heteroatoms. The number of hydrogen-bond donors (Lipinski definition) is 0. The molecule has 0 aromatic carbocycles. The van der Waals surface area contributed by atoms with Crippen molar-refractivity contribution in [3.8, 4) is 0 Å². The van der Waals surface area contributed by atoms with E-state index in [1.165, 1.54) is 0 Å². The van der Waals surface area contributed by atoms with E-state index in [0.29, 0.717) is 32.8 Å². The lowest BCUT2D eigenvalue weighted by molar-refractivity contribution is -0.148. The minimum absolute atomic E-state index is 0.0976. The largest absolute Gasteiger partial charge is 0.381 e. The molecule has 0 radical (unpaired) electrons. The van der Waals surface area contributed by atoms with Crippen LogP contribution in [0.15, 0.2) is 0 Å². The van der Waals surface area contributed by atoms with Crippen LogP contribution in [0.3, 0.4) is 0 Å². The fourth-order valence-corrected chi connectivity index (χ4v) is 2.33. The van der Waals surface area contributed by atoms with Crippen LogP contribution in [0.4, 0.5) is 0 Å². The molecule has 4 nitrogen and oxygen atoms in total. The maximum absolute atomic E-state index is 12.3. The van der Waals surface area contributed by atoms with Gasteiger partial charge in [-0.25, -0.2) is 0 Å². The molecule has 2 fully saturated rings. The zero-order chi connectivity index (χ0) is 10.7. The van der Waals surface area contributed by atoms with Crippen molar-refractivity contribution in [2.45, 2.75) is 24.9 Å². The standard InChI is InChI=1S/C11H18O4/c1-13-11(4-7-15-8-11)10(12)9-2-5-14-6-3-9/h9H,2-8H2,1H3. The topological polar surface area (TPSA) is 44.8 Å². The molecule has 0 N–H and O–H groups in total. The van der Waals surface area contributed by atoms with Gasteiger partial charge in [0.15, 0.2) is 11.4 Å². The number of rotatable bonds is 3. The van der Waals surface area contributed by atoms with E-state index in [1.807, 2.05) is 0 Å². The Morgan fingerprint density at radius 3 is 2.53 bits per heavy atom. The third kappa shape index (κ3) is 2.07. The number of carbonyl (C=O) groups excluding carboxylic acids is 1. The summed E-state index contributed by atoms with van der Waals surface area (Å²) in [4.78, 5) is 12.3. The third-order valence-electron chi connectivity index (χ3n) is 3.42. The highest BCUT2D eigenvalue weighted by Gasteiger charge is 2.45. The first-order valence-electron chi connectivity index (χ1n) is 5.53. The molecule has 0 aromatic heterocycles. The van der Waals surface area contributed by atoms with E-state index < -0.39 is 5.60 Å². The number of carbonyl (C=O) groups is 1. The van der Waals surface area contributed by atoms with Crippen molar-refractivity contribution in [3.63, 3.8) is 0 Å². The minimum atomic E-state index is -0.665. The second-order valence-corrected chi connectivity index (χ2v) is 4.25. The van der Waals surface area contributed by atoms with Crippen molar-refractivity contribution < 1.29 is 19.0 Å². The molecule has 2 aliphatic rings. The van der Waals surface area contributed by atoms with Crippen molar-refractivity contribution >= 4 is 5.78 Å². The van der Waals surface area contributed by atoms with Gasteiger partial charge in [0, 0.05) is 32.7 Å². The van der Waals surface area contributed by atoms with Crippen LogP contribution in [0.2, 0.25) is 0 Å². The summed E-state index contributed by atoms with van der Waals surface area (Å²) in [6.45, 7) is 2.43. The smallest absolute Gasteiger partial charge is 0.170 e. The van der Waals surface area contributed by atoms with Gasteiger partial charge in [0.05, 0.1) is 13.2 Å². The Morgan fingerprint density at radius 2 is 2.00 bits per heavy atom. The molecule has 0 amide bonds. The highest BCUT2D eigenvalue weighted by molar-refractivity contribution is 5.90. The molecule has 0 aliphatic carbocycles. The van der Waals surface area contributed by atoms with Gasteiger partial charge in [-0.1, -0.05) is 0 Å². The first kappa shape index (κ1) is 11.0. The Morgan fingerprint density at radius 1 is 1.27 bits per heavy atom. The molecule has 2 saturated heterocycles. The molecule has 0 spiro atoms. The van der Waals surface area contributed by atoms with E-state index in [9.17, 15) is 4.79 Å². The molecule has 86 valence electrons. The second kappa shape index (κ2) is 4.60. The first-order valence-corrected chi connectivity index (χ1v) is 5.53. The van der Waals surface area contributed by atoms with Crippen molar-refractivity contribution in [2.75, 3.05) is 33.5 Å². The lowest BCUT2D eigenvalue weighted by Crippen LogP contribution is -2.46. The zero-order valence-corrected chi connectivity index (χ0v) is 9.16. The summed E-state index contributed by atoms with van der Waals surface area (Å²) in [5.74, 6) is 0.311. The van der Waals surface area contributed by atoms with Crippen LogP contribution in [0.5, 0.6) is 0 Å². The van der Waals surface area contributed by atoms with E-state index in [2.05, 4.69) is 0 Å². The third-order valence-corrected chi connectivity index (χ3v) is 3.42. The Balaban J connectivity index is 2.03. The van der Waals surface area contributed by atoms with Gasteiger partial charge in [0.2, 0.25) is 0 Å². The summed E-state index contributed by atoms with van der Waals surface area (Å²) >= 11 is 0. The van der Waals surface area contributed by atoms with Gasteiger partial charge in [0.1, 0.15) is 0 Å². The summed E-state index contributed by atoms with van der Waals surface area (Å²) in [5.41, 5.74) is -0.665. The molecule has 1 atom stereocenters. The summed E-state index contributed by atoms with van der Waals surface area (Å²) in [6.07, 6.45) is 2.34. The molecule has 2 aliphatic heterocycles. The Bertz CT molecular complexity index is 227. The van der Waals surface area contributed by atoms with Crippen molar-refractivity contribution in [1.29, 1.82) is 0 Å². The fraction of sp³-hybridized carbons (Fsp3) is 0.909. The lowest BCUT2D eigenvalue weighted by atomic mass is 9.84. The number of ether oxygens (including phenoxy) is 3. The maximum Gasteiger partial charge on any atom is 0.170 e.